The molecule has 0 spiro atoms. The van der Waals surface area contributed by atoms with Gasteiger partial charge in [0.2, 0.25) is 0 Å². The molecule has 0 atom stereocenters. The van der Waals surface area contributed by atoms with Gasteiger partial charge in [-0.15, -0.1) is 22.7 Å². The van der Waals surface area contributed by atoms with Crippen molar-refractivity contribution >= 4 is 80.1 Å². The van der Waals surface area contributed by atoms with Crippen molar-refractivity contribution in [3.63, 3.8) is 0 Å². The van der Waals surface area contributed by atoms with E-state index in [-0.39, 0.29) is 16.2 Å². The van der Waals surface area contributed by atoms with E-state index in [2.05, 4.69) is 187 Å². The van der Waals surface area contributed by atoms with Crippen LogP contribution in [0, 0.1) is 0 Å². The van der Waals surface area contributed by atoms with Crippen molar-refractivity contribution in [1.29, 1.82) is 0 Å². The average molecular weight is 746 g/mol. The molecule has 0 bridgehead atoms. The molecule has 7 aromatic carbocycles. The van der Waals surface area contributed by atoms with Crippen LogP contribution in [0.15, 0.2) is 133 Å². The highest BCUT2D eigenvalue weighted by molar-refractivity contribution is 7.26. The zero-order valence-electron chi connectivity index (χ0n) is 32.5. The van der Waals surface area contributed by atoms with Crippen LogP contribution in [-0.4, -0.2) is 0 Å². The number of hydrogen-bond acceptors (Lipinski definition) is 3. The summed E-state index contributed by atoms with van der Waals surface area (Å²) in [6, 6.07) is 50.7. The molecular weight excluding hydrogens is 703 g/mol. The number of hydrogen-bond donors (Lipinski definition) is 0. The molecule has 3 heteroatoms. The topological polar surface area (TPSA) is 3.24 Å². The Morgan fingerprint density at radius 1 is 0.455 bits per heavy atom. The third kappa shape index (κ3) is 4.46. The van der Waals surface area contributed by atoms with E-state index in [1.165, 1.54) is 107 Å². The van der Waals surface area contributed by atoms with Crippen LogP contribution in [0.5, 0.6) is 0 Å². The Morgan fingerprint density at radius 2 is 0.909 bits per heavy atom. The van der Waals surface area contributed by atoms with Crippen LogP contribution < -0.4 is 4.90 Å². The van der Waals surface area contributed by atoms with Crippen molar-refractivity contribution < 1.29 is 0 Å². The third-order valence-corrected chi connectivity index (χ3v) is 15.0. The van der Waals surface area contributed by atoms with Gasteiger partial charge in [0.1, 0.15) is 0 Å². The maximum atomic E-state index is 2.67. The summed E-state index contributed by atoms with van der Waals surface area (Å²) in [6.07, 6.45) is 0. The monoisotopic (exact) mass is 745 g/mol. The summed E-state index contributed by atoms with van der Waals surface area (Å²) in [5.41, 5.74) is 15.9. The number of anilines is 3. The second-order valence-electron chi connectivity index (χ2n) is 17.7. The van der Waals surface area contributed by atoms with Crippen LogP contribution in [0.4, 0.5) is 17.1 Å². The lowest BCUT2D eigenvalue weighted by Crippen LogP contribution is -2.27. The van der Waals surface area contributed by atoms with Gasteiger partial charge in [0, 0.05) is 62.5 Å². The lowest BCUT2D eigenvalue weighted by atomic mass is 9.71. The zero-order valence-corrected chi connectivity index (χ0v) is 34.1. The molecule has 2 aliphatic rings. The quantitative estimate of drug-likeness (QED) is 0.174. The van der Waals surface area contributed by atoms with Crippen molar-refractivity contribution in [2.24, 2.45) is 0 Å². The first kappa shape index (κ1) is 33.1. The Hall–Kier alpha value is -5.22. The summed E-state index contributed by atoms with van der Waals surface area (Å²) >= 11 is 3.79. The predicted octanol–water partition coefficient (Wildman–Crippen LogP) is 15.8. The second-order valence-corrected chi connectivity index (χ2v) is 19.9. The maximum absolute atomic E-state index is 2.67. The van der Waals surface area contributed by atoms with Crippen LogP contribution in [0.1, 0.15) is 76.3 Å². The smallest absolute Gasteiger partial charge is 0.0556 e. The lowest BCUT2D eigenvalue weighted by Gasteiger charge is -2.39. The van der Waals surface area contributed by atoms with Gasteiger partial charge in [-0.1, -0.05) is 139 Å². The van der Waals surface area contributed by atoms with E-state index in [0.29, 0.717) is 0 Å². The van der Waals surface area contributed by atoms with Crippen LogP contribution in [-0.2, 0) is 16.2 Å². The number of fused-ring (bicyclic) bond motifs is 12. The van der Waals surface area contributed by atoms with Crippen molar-refractivity contribution in [2.75, 3.05) is 4.90 Å². The second kappa shape index (κ2) is 11.2. The first-order valence-corrected chi connectivity index (χ1v) is 21.2. The molecule has 0 unspecified atom stereocenters. The van der Waals surface area contributed by atoms with Crippen LogP contribution in [0.25, 0.3) is 62.6 Å². The molecule has 2 heterocycles. The highest BCUT2D eigenvalue weighted by atomic mass is 32.1. The van der Waals surface area contributed by atoms with Gasteiger partial charge in [-0.25, -0.2) is 0 Å². The molecule has 0 saturated heterocycles. The Bertz CT molecular complexity index is 3000. The van der Waals surface area contributed by atoms with Gasteiger partial charge in [-0.2, -0.15) is 0 Å². The van der Waals surface area contributed by atoms with E-state index in [0.717, 1.165) is 0 Å². The molecule has 0 amide bonds. The molecule has 1 nitrogen and oxygen atoms in total. The summed E-state index contributed by atoms with van der Waals surface area (Å²) in [6.45, 7) is 17.2. The third-order valence-electron chi connectivity index (χ3n) is 12.7. The fourth-order valence-electron chi connectivity index (χ4n) is 10.3. The van der Waals surface area contributed by atoms with Crippen LogP contribution in [0.2, 0.25) is 0 Å². The van der Waals surface area contributed by atoms with Gasteiger partial charge in [0.15, 0.2) is 0 Å². The lowest BCUT2D eigenvalue weighted by molar-refractivity contribution is 0.587. The minimum atomic E-state index is -0.250. The Labute approximate surface area is 331 Å². The van der Waals surface area contributed by atoms with Gasteiger partial charge >= 0.3 is 0 Å². The largest absolute Gasteiger partial charge is 0.310 e. The van der Waals surface area contributed by atoms with Gasteiger partial charge in [0.25, 0.3) is 0 Å². The summed E-state index contributed by atoms with van der Waals surface area (Å²) in [5, 5.41) is 5.29. The summed E-state index contributed by atoms with van der Waals surface area (Å²) < 4.78 is 5.30. The average Bonchev–Trinajstić information content (AvgIpc) is 3.87. The molecule has 0 radical (unpaired) electrons. The standard InChI is InChI=1S/C52H43NS2/c1-50(2,3)46-44-35-18-8-12-20-38(35)51(4,5)47(44)49(48-45(46)36-19-9-13-21-39(36)52(48,6)7)53(30-25-27-42-37(28-30)33-17-11-15-23-41(33)54-42)31-24-26-34-32-16-10-14-22-40(32)55-43(34)29-31/h8-29H,1-7H3. The normalized spacial score (nSPS) is 15.1. The van der Waals surface area contributed by atoms with E-state index < -0.39 is 0 Å². The van der Waals surface area contributed by atoms with Crippen molar-refractivity contribution in [3.05, 3.63) is 161 Å². The zero-order chi connectivity index (χ0) is 37.6. The molecule has 0 saturated carbocycles. The summed E-state index contributed by atoms with van der Waals surface area (Å²) in [7, 11) is 0. The number of thiophene rings is 2. The van der Waals surface area contributed by atoms with Gasteiger partial charge in [-0.05, 0) is 98.0 Å². The van der Waals surface area contributed by atoms with Gasteiger partial charge in [-0.3, -0.25) is 0 Å². The van der Waals surface area contributed by atoms with E-state index in [1.807, 2.05) is 22.7 Å². The van der Waals surface area contributed by atoms with E-state index in [9.17, 15) is 0 Å². The predicted molar refractivity (Wildman–Crippen MR) is 241 cm³/mol. The van der Waals surface area contributed by atoms with Crippen molar-refractivity contribution in [2.45, 2.75) is 64.7 Å². The van der Waals surface area contributed by atoms with Gasteiger partial charge < -0.3 is 4.90 Å². The molecule has 11 rings (SSSR count). The molecule has 0 N–H and O–H groups in total. The number of rotatable bonds is 3. The summed E-state index contributed by atoms with van der Waals surface area (Å²) in [4.78, 5) is 2.67. The highest BCUT2D eigenvalue weighted by Gasteiger charge is 2.50. The van der Waals surface area contributed by atoms with E-state index >= 15 is 0 Å². The molecule has 2 aliphatic carbocycles. The first-order valence-electron chi connectivity index (χ1n) is 19.5. The molecule has 268 valence electrons. The maximum Gasteiger partial charge on any atom is 0.0556 e. The molecule has 55 heavy (non-hydrogen) atoms. The molecule has 0 aliphatic heterocycles. The molecule has 9 aromatic rings. The fourth-order valence-corrected chi connectivity index (χ4v) is 12.6. The van der Waals surface area contributed by atoms with Crippen LogP contribution >= 0.6 is 22.7 Å². The minimum absolute atomic E-state index is 0.108. The number of nitrogens with zero attached hydrogens (tertiary/aromatic N) is 1. The van der Waals surface area contributed by atoms with E-state index in [1.54, 1.807) is 0 Å². The van der Waals surface area contributed by atoms with Gasteiger partial charge in [0.05, 0.1) is 5.69 Å². The fraction of sp³-hybridized carbons (Fsp3) is 0.192. The minimum Gasteiger partial charge on any atom is -0.310 e. The molecule has 0 fully saturated rings. The van der Waals surface area contributed by atoms with Crippen molar-refractivity contribution in [3.8, 4) is 22.3 Å². The number of benzene rings is 7. The SMILES string of the molecule is CC(C)(C)c1c2c(c(N(c3ccc4c(c3)sc3ccccc34)c3ccc4sc5ccccc5c4c3)c3c1-c1ccccc1C3(C)C)C(C)(C)c1ccccc1-2. The molecular formula is C52H43NS2. The van der Waals surface area contributed by atoms with Crippen LogP contribution in [0.3, 0.4) is 0 Å². The van der Waals surface area contributed by atoms with E-state index in [4.69, 9.17) is 0 Å². The Balaban J connectivity index is 1.34. The Kier molecular flexibility index (Phi) is 6.74. The van der Waals surface area contributed by atoms with Crippen molar-refractivity contribution in [1.82, 2.24) is 0 Å². The Morgan fingerprint density at radius 3 is 1.51 bits per heavy atom. The summed E-state index contributed by atoms with van der Waals surface area (Å²) in [5.74, 6) is 0. The highest BCUT2D eigenvalue weighted by Crippen LogP contribution is 2.66. The molecule has 2 aromatic heterocycles. The first-order chi connectivity index (χ1) is 26.4.